The maximum atomic E-state index is 14.0. The van der Waals surface area contributed by atoms with Gasteiger partial charge >= 0.3 is 0 Å². The molecule has 2 aromatic rings. The summed E-state index contributed by atoms with van der Waals surface area (Å²) in [4.78, 5) is 14.8. The summed E-state index contributed by atoms with van der Waals surface area (Å²) in [5, 5.41) is 12.7. The fourth-order valence-electron chi connectivity index (χ4n) is 3.88. The van der Waals surface area contributed by atoms with Gasteiger partial charge < -0.3 is 5.32 Å². The van der Waals surface area contributed by atoms with Gasteiger partial charge in [0.15, 0.2) is 0 Å². The summed E-state index contributed by atoms with van der Waals surface area (Å²) in [5.74, 6) is 0.624. The van der Waals surface area contributed by atoms with E-state index in [2.05, 4.69) is 31.2 Å². The molecule has 2 aromatic heterocycles. The second-order valence-electron chi connectivity index (χ2n) is 7.00. The van der Waals surface area contributed by atoms with Crippen LogP contribution in [0.4, 0.5) is 10.2 Å². The molecule has 0 aromatic carbocycles. The van der Waals surface area contributed by atoms with Crippen molar-refractivity contribution in [3.8, 4) is 6.07 Å². The molecule has 2 aliphatic rings. The summed E-state index contributed by atoms with van der Waals surface area (Å²) in [6.07, 6.45) is 7.71. The van der Waals surface area contributed by atoms with Crippen molar-refractivity contribution in [3.05, 3.63) is 47.2 Å². The standard InChI is InChI=1S/C19H21FN6/c20-16-5-17(26(11-16)10-13-7-22-12-23-8-13)9-24-19-15(6-21)4-14-2-1-3-18(14)25-19/h4,7-8,12,16-17H,1-3,5,9-11H2,(H,24,25)/t16-,17-/m0/s1. The highest BCUT2D eigenvalue weighted by molar-refractivity contribution is 5.55. The van der Waals surface area contributed by atoms with Crippen LogP contribution in [0.3, 0.4) is 0 Å². The van der Waals surface area contributed by atoms with E-state index in [1.54, 1.807) is 12.4 Å². The van der Waals surface area contributed by atoms with Gasteiger partial charge in [-0.1, -0.05) is 0 Å². The summed E-state index contributed by atoms with van der Waals surface area (Å²) in [7, 11) is 0. The van der Waals surface area contributed by atoms with E-state index in [0.717, 1.165) is 30.5 Å². The molecule has 1 fully saturated rings. The molecule has 0 saturated carbocycles. The number of halogens is 1. The zero-order chi connectivity index (χ0) is 17.9. The molecule has 0 bridgehead atoms. The first kappa shape index (κ1) is 16.9. The molecule has 6 nitrogen and oxygen atoms in total. The first-order chi connectivity index (χ1) is 12.7. The van der Waals surface area contributed by atoms with E-state index in [0.29, 0.717) is 37.4 Å². The molecular weight excluding hydrogens is 331 g/mol. The SMILES string of the molecule is N#Cc1cc2c(nc1NC[C@@H]1C[C@H](F)CN1Cc1cncnc1)CCC2. The number of likely N-dealkylation sites (tertiary alicyclic amines) is 1. The predicted octanol–water partition coefficient (Wildman–Crippen LogP) is 2.26. The van der Waals surface area contributed by atoms with Gasteiger partial charge in [0, 0.05) is 49.3 Å². The first-order valence-electron chi connectivity index (χ1n) is 9.01. The lowest BCUT2D eigenvalue weighted by molar-refractivity contribution is 0.241. The molecule has 1 aliphatic heterocycles. The monoisotopic (exact) mass is 352 g/mol. The van der Waals surface area contributed by atoms with Crippen LogP contribution < -0.4 is 5.32 Å². The Kier molecular flexibility index (Phi) is 4.76. The van der Waals surface area contributed by atoms with Crippen LogP contribution in [0.1, 0.15) is 35.2 Å². The third-order valence-electron chi connectivity index (χ3n) is 5.15. The van der Waals surface area contributed by atoms with Crippen LogP contribution in [0.2, 0.25) is 0 Å². The van der Waals surface area contributed by atoms with E-state index in [9.17, 15) is 9.65 Å². The Bertz CT molecular complexity index is 819. The highest BCUT2D eigenvalue weighted by Crippen LogP contribution is 2.26. The number of anilines is 1. The van der Waals surface area contributed by atoms with Crippen molar-refractivity contribution in [1.82, 2.24) is 19.9 Å². The Morgan fingerprint density at radius 2 is 2.15 bits per heavy atom. The van der Waals surface area contributed by atoms with Crippen LogP contribution in [-0.2, 0) is 19.4 Å². The van der Waals surface area contributed by atoms with E-state index in [4.69, 9.17) is 0 Å². The summed E-state index contributed by atoms with van der Waals surface area (Å²) >= 11 is 0. The number of nitrogens with one attached hydrogen (secondary N) is 1. The van der Waals surface area contributed by atoms with Crippen LogP contribution in [-0.4, -0.2) is 45.2 Å². The molecule has 2 atom stereocenters. The van der Waals surface area contributed by atoms with Crippen LogP contribution in [0.25, 0.3) is 0 Å². The molecular formula is C19H21FN6. The highest BCUT2D eigenvalue weighted by atomic mass is 19.1. The number of aryl methyl sites for hydroxylation is 2. The Balaban J connectivity index is 1.45. The van der Waals surface area contributed by atoms with Gasteiger partial charge in [-0.05, 0) is 37.3 Å². The van der Waals surface area contributed by atoms with E-state index in [1.165, 1.54) is 11.9 Å². The molecule has 0 amide bonds. The van der Waals surface area contributed by atoms with Crippen LogP contribution in [0.15, 0.2) is 24.8 Å². The summed E-state index contributed by atoms with van der Waals surface area (Å²) in [6.45, 7) is 1.59. The third-order valence-corrected chi connectivity index (χ3v) is 5.15. The van der Waals surface area contributed by atoms with E-state index in [1.807, 2.05) is 6.07 Å². The summed E-state index contributed by atoms with van der Waals surface area (Å²) in [6, 6.07) is 4.23. The van der Waals surface area contributed by atoms with Crippen molar-refractivity contribution < 1.29 is 4.39 Å². The van der Waals surface area contributed by atoms with Crippen LogP contribution in [0, 0.1) is 11.3 Å². The Labute approximate surface area is 152 Å². The summed E-state index contributed by atoms with van der Waals surface area (Å²) < 4.78 is 14.0. The third kappa shape index (κ3) is 3.51. The number of nitrogens with zero attached hydrogens (tertiary/aromatic N) is 5. The Morgan fingerprint density at radius 1 is 1.31 bits per heavy atom. The fraction of sp³-hybridized carbons (Fsp3) is 0.474. The second-order valence-corrected chi connectivity index (χ2v) is 7.00. The zero-order valence-electron chi connectivity index (χ0n) is 14.5. The first-order valence-corrected chi connectivity index (χ1v) is 9.01. The average Bonchev–Trinajstić information content (AvgIpc) is 3.25. The minimum Gasteiger partial charge on any atom is -0.367 e. The van der Waals surface area contributed by atoms with Gasteiger partial charge in [0.25, 0.3) is 0 Å². The van der Waals surface area contributed by atoms with Gasteiger partial charge in [-0.2, -0.15) is 5.26 Å². The maximum absolute atomic E-state index is 14.0. The number of nitriles is 1. The lowest BCUT2D eigenvalue weighted by Gasteiger charge is -2.24. The Hall–Kier alpha value is -2.59. The minimum atomic E-state index is -0.838. The number of fused-ring (bicyclic) bond motifs is 1. The number of pyridine rings is 1. The highest BCUT2D eigenvalue weighted by Gasteiger charge is 2.32. The van der Waals surface area contributed by atoms with Gasteiger partial charge in [-0.3, -0.25) is 4.90 Å². The van der Waals surface area contributed by atoms with E-state index < -0.39 is 6.17 Å². The number of rotatable bonds is 5. The largest absolute Gasteiger partial charge is 0.367 e. The number of hydrogen-bond donors (Lipinski definition) is 1. The van der Waals surface area contributed by atoms with Crippen molar-refractivity contribution in [2.24, 2.45) is 0 Å². The lowest BCUT2D eigenvalue weighted by Crippen LogP contribution is -2.35. The topological polar surface area (TPSA) is 77.7 Å². The van der Waals surface area contributed by atoms with Gasteiger partial charge in [-0.15, -0.1) is 0 Å². The maximum Gasteiger partial charge on any atom is 0.144 e. The van der Waals surface area contributed by atoms with Crippen molar-refractivity contribution in [1.29, 1.82) is 5.26 Å². The van der Waals surface area contributed by atoms with Crippen molar-refractivity contribution in [2.75, 3.05) is 18.4 Å². The molecule has 0 unspecified atom stereocenters. The number of aromatic nitrogens is 3. The van der Waals surface area contributed by atoms with Crippen LogP contribution in [0.5, 0.6) is 0 Å². The normalized spacial score (nSPS) is 22.2. The quantitative estimate of drug-likeness (QED) is 0.889. The number of alkyl halides is 1. The molecule has 7 heteroatoms. The molecule has 26 heavy (non-hydrogen) atoms. The molecule has 1 N–H and O–H groups in total. The molecule has 4 rings (SSSR count). The summed E-state index contributed by atoms with van der Waals surface area (Å²) in [5.41, 5.74) is 3.81. The van der Waals surface area contributed by atoms with Gasteiger partial charge in [0.2, 0.25) is 0 Å². The smallest absolute Gasteiger partial charge is 0.144 e. The van der Waals surface area contributed by atoms with Crippen molar-refractivity contribution in [3.63, 3.8) is 0 Å². The van der Waals surface area contributed by atoms with Gasteiger partial charge in [0.1, 0.15) is 24.4 Å². The molecule has 0 radical (unpaired) electrons. The molecule has 3 heterocycles. The molecule has 134 valence electrons. The van der Waals surface area contributed by atoms with Gasteiger partial charge in [0.05, 0.1) is 5.56 Å². The molecule has 0 spiro atoms. The fourth-order valence-corrected chi connectivity index (χ4v) is 3.88. The lowest BCUT2D eigenvalue weighted by atomic mass is 10.1. The zero-order valence-corrected chi connectivity index (χ0v) is 14.5. The van der Waals surface area contributed by atoms with Gasteiger partial charge in [-0.25, -0.2) is 19.3 Å². The second kappa shape index (κ2) is 7.34. The Morgan fingerprint density at radius 3 is 2.96 bits per heavy atom. The van der Waals surface area contributed by atoms with Crippen molar-refractivity contribution in [2.45, 2.75) is 44.4 Å². The average molecular weight is 352 g/mol. The van der Waals surface area contributed by atoms with Crippen molar-refractivity contribution >= 4 is 5.82 Å². The molecule has 1 saturated heterocycles. The number of hydrogen-bond acceptors (Lipinski definition) is 6. The van der Waals surface area contributed by atoms with E-state index in [-0.39, 0.29) is 6.04 Å². The van der Waals surface area contributed by atoms with Crippen LogP contribution >= 0.6 is 0 Å². The predicted molar refractivity (Wildman–Crippen MR) is 95.2 cm³/mol. The minimum absolute atomic E-state index is 0.0480. The van der Waals surface area contributed by atoms with E-state index >= 15 is 0 Å². The molecule has 1 aliphatic carbocycles.